The molecule has 2 heterocycles. The van der Waals surface area contributed by atoms with Gasteiger partial charge in [-0.3, -0.25) is 10.1 Å². The normalized spacial score (nSPS) is 25.8. The molecule has 3 N–H and O–H groups in total. The number of hydrogen-bond acceptors (Lipinski definition) is 5. The van der Waals surface area contributed by atoms with Gasteiger partial charge in [0.2, 0.25) is 5.91 Å². The van der Waals surface area contributed by atoms with Gasteiger partial charge < -0.3 is 20.3 Å². The zero-order valence-corrected chi connectivity index (χ0v) is 12.8. The van der Waals surface area contributed by atoms with Crippen LogP contribution in [0.4, 0.5) is 9.59 Å². The molecule has 24 heavy (non-hydrogen) atoms. The van der Waals surface area contributed by atoms with E-state index in [0.717, 1.165) is 0 Å². The number of hydrogen-bond donors (Lipinski definition) is 3. The van der Waals surface area contributed by atoms with E-state index in [9.17, 15) is 14.4 Å². The Morgan fingerprint density at radius 1 is 1.21 bits per heavy atom. The molecule has 9 nitrogen and oxygen atoms in total. The maximum atomic E-state index is 12.3. The molecule has 0 saturated carbocycles. The van der Waals surface area contributed by atoms with Gasteiger partial charge in [0.25, 0.3) is 0 Å². The molecule has 0 spiro atoms. The molecule has 2 saturated heterocycles. The second-order valence-electron chi connectivity index (χ2n) is 5.49. The zero-order valence-electron chi connectivity index (χ0n) is 12.8. The van der Waals surface area contributed by atoms with Gasteiger partial charge in [0.15, 0.2) is 6.61 Å². The first kappa shape index (κ1) is 15.6. The lowest BCUT2D eigenvalue weighted by molar-refractivity contribution is -0.130. The number of nitriles is 1. The van der Waals surface area contributed by atoms with E-state index >= 15 is 0 Å². The standard InChI is InChI=1S/C15H15N5O4/c1-20-12-10(13(21)19-15(20)23)11(17-14(22)18-12)8-2-4-9(5-3-8)24-7-6-16/h2-5,10-12H,7H2,1H3,(H2,17,18,22)(H,19,21,23). The molecular weight excluding hydrogens is 314 g/mol. The lowest BCUT2D eigenvalue weighted by Gasteiger charge is -2.45. The molecule has 3 atom stereocenters. The van der Waals surface area contributed by atoms with E-state index in [0.29, 0.717) is 11.3 Å². The Kier molecular flexibility index (Phi) is 3.95. The van der Waals surface area contributed by atoms with Crippen LogP contribution in [0.5, 0.6) is 5.75 Å². The van der Waals surface area contributed by atoms with Crippen LogP contribution in [0.2, 0.25) is 0 Å². The number of ether oxygens (including phenoxy) is 1. The number of imide groups is 1. The number of urea groups is 2. The molecule has 0 aliphatic carbocycles. The highest BCUT2D eigenvalue weighted by Crippen LogP contribution is 2.32. The zero-order chi connectivity index (χ0) is 17.3. The van der Waals surface area contributed by atoms with Gasteiger partial charge in [-0.15, -0.1) is 0 Å². The van der Waals surface area contributed by atoms with Crippen molar-refractivity contribution in [2.45, 2.75) is 12.2 Å². The molecule has 1 aromatic carbocycles. The van der Waals surface area contributed by atoms with Crippen molar-refractivity contribution >= 4 is 18.0 Å². The summed E-state index contributed by atoms with van der Waals surface area (Å²) >= 11 is 0. The van der Waals surface area contributed by atoms with Crippen molar-refractivity contribution < 1.29 is 19.1 Å². The van der Waals surface area contributed by atoms with Crippen molar-refractivity contribution in [2.24, 2.45) is 5.92 Å². The molecule has 2 fully saturated rings. The minimum absolute atomic E-state index is 0.0660. The molecule has 1 aromatic rings. The van der Waals surface area contributed by atoms with Gasteiger partial charge in [-0.1, -0.05) is 12.1 Å². The van der Waals surface area contributed by atoms with Crippen LogP contribution in [-0.4, -0.2) is 42.7 Å². The molecule has 0 radical (unpaired) electrons. The highest BCUT2D eigenvalue weighted by atomic mass is 16.5. The van der Waals surface area contributed by atoms with Crippen molar-refractivity contribution in [1.82, 2.24) is 20.9 Å². The third-order valence-corrected chi connectivity index (χ3v) is 4.08. The Hall–Kier alpha value is -3.28. The molecule has 3 rings (SSSR count). The number of fused-ring (bicyclic) bond motifs is 1. The summed E-state index contributed by atoms with van der Waals surface area (Å²) in [6.45, 7) is -0.0660. The van der Waals surface area contributed by atoms with Crippen molar-refractivity contribution in [2.75, 3.05) is 13.7 Å². The topological polar surface area (TPSA) is 124 Å². The largest absolute Gasteiger partial charge is 0.479 e. The highest BCUT2D eigenvalue weighted by molar-refractivity contribution is 6.00. The van der Waals surface area contributed by atoms with E-state index in [2.05, 4.69) is 16.0 Å². The minimum atomic E-state index is -0.723. The molecule has 9 heteroatoms. The first-order chi connectivity index (χ1) is 11.5. The summed E-state index contributed by atoms with van der Waals surface area (Å²) in [6.07, 6.45) is -0.723. The Labute approximate surface area is 137 Å². The smallest absolute Gasteiger partial charge is 0.325 e. The summed E-state index contributed by atoms with van der Waals surface area (Å²) in [7, 11) is 1.51. The van der Waals surface area contributed by atoms with Crippen LogP contribution in [-0.2, 0) is 4.79 Å². The average Bonchev–Trinajstić information content (AvgIpc) is 2.57. The Bertz CT molecular complexity index is 726. The van der Waals surface area contributed by atoms with Crippen molar-refractivity contribution in [3.63, 3.8) is 0 Å². The first-order valence-corrected chi connectivity index (χ1v) is 7.25. The summed E-state index contributed by atoms with van der Waals surface area (Å²) < 4.78 is 5.18. The fourth-order valence-electron chi connectivity index (χ4n) is 2.89. The van der Waals surface area contributed by atoms with Crippen LogP contribution < -0.4 is 20.7 Å². The van der Waals surface area contributed by atoms with Crippen LogP contribution >= 0.6 is 0 Å². The first-order valence-electron chi connectivity index (χ1n) is 7.25. The van der Waals surface area contributed by atoms with Gasteiger partial charge in [0.05, 0.1) is 6.04 Å². The molecule has 124 valence electrons. The van der Waals surface area contributed by atoms with Gasteiger partial charge in [0.1, 0.15) is 23.9 Å². The lowest BCUT2D eigenvalue weighted by atomic mass is 9.86. The monoisotopic (exact) mass is 329 g/mol. The molecule has 5 amide bonds. The number of carbonyl (C=O) groups excluding carboxylic acids is 3. The summed E-state index contributed by atoms with van der Waals surface area (Å²) in [5.74, 6) is -0.612. The predicted octanol–water partition coefficient (Wildman–Crippen LogP) is 0.0668. The maximum absolute atomic E-state index is 12.3. The van der Waals surface area contributed by atoms with Crippen LogP contribution in [0.1, 0.15) is 11.6 Å². The predicted molar refractivity (Wildman–Crippen MR) is 80.5 cm³/mol. The fraction of sp³-hybridized carbons (Fsp3) is 0.333. The van der Waals surface area contributed by atoms with E-state index in [-0.39, 0.29) is 6.61 Å². The van der Waals surface area contributed by atoms with Gasteiger partial charge in [0, 0.05) is 7.05 Å². The van der Waals surface area contributed by atoms with E-state index in [4.69, 9.17) is 10.00 Å². The average molecular weight is 329 g/mol. The molecule has 2 aliphatic heterocycles. The summed E-state index contributed by atoms with van der Waals surface area (Å²) in [4.78, 5) is 37.2. The number of rotatable bonds is 3. The van der Waals surface area contributed by atoms with Crippen molar-refractivity contribution in [3.8, 4) is 11.8 Å². The third-order valence-electron chi connectivity index (χ3n) is 4.08. The van der Waals surface area contributed by atoms with E-state index in [1.807, 2.05) is 6.07 Å². The van der Waals surface area contributed by atoms with Crippen LogP contribution in [0.15, 0.2) is 24.3 Å². The van der Waals surface area contributed by atoms with Gasteiger partial charge in [-0.2, -0.15) is 5.26 Å². The number of carbonyl (C=O) groups is 3. The van der Waals surface area contributed by atoms with E-state index in [1.54, 1.807) is 24.3 Å². The second kappa shape index (κ2) is 6.08. The van der Waals surface area contributed by atoms with Crippen molar-refractivity contribution in [1.29, 1.82) is 5.26 Å². The second-order valence-corrected chi connectivity index (χ2v) is 5.49. The third kappa shape index (κ3) is 2.69. The Morgan fingerprint density at radius 2 is 1.92 bits per heavy atom. The molecule has 0 bridgehead atoms. The number of nitrogens with zero attached hydrogens (tertiary/aromatic N) is 2. The molecule has 3 unspecified atom stereocenters. The maximum Gasteiger partial charge on any atom is 0.325 e. The van der Waals surface area contributed by atoms with E-state index in [1.165, 1.54) is 11.9 Å². The molecular formula is C15H15N5O4. The van der Waals surface area contributed by atoms with Gasteiger partial charge in [-0.25, -0.2) is 9.59 Å². The van der Waals surface area contributed by atoms with Gasteiger partial charge >= 0.3 is 12.1 Å². The number of amides is 5. The van der Waals surface area contributed by atoms with E-state index < -0.39 is 36.1 Å². The number of nitrogens with one attached hydrogen (secondary N) is 3. The van der Waals surface area contributed by atoms with Crippen LogP contribution in [0.25, 0.3) is 0 Å². The van der Waals surface area contributed by atoms with Crippen molar-refractivity contribution in [3.05, 3.63) is 29.8 Å². The number of benzene rings is 1. The summed E-state index contributed by atoms with van der Waals surface area (Å²) in [5.41, 5.74) is 0.696. The fourth-order valence-corrected chi connectivity index (χ4v) is 2.89. The van der Waals surface area contributed by atoms with Gasteiger partial charge in [-0.05, 0) is 17.7 Å². The summed E-state index contributed by atoms with van der Waals surface area (Å²) in [5, 5.41) is 16.1. The quantitative estimate of drug-likeness (QED) is 0.724. The lowest BCUT2D eigenvalue weighted by Crippen LogP contribution is -2.71. The summed E-state index contributed by atoms with van der Waals surface area (Å²) in [6, 6.07) is 7.01. The molecule has 0 aromatic heterocycles. The molecule has 2 aliphatic rings. The van der Waals surface area contributed by atoms with Crippen LogP contribution in [0.3, 0.4) is 0 Å². The Balaban J connectivity index is 1.88. The van der Waals surface area contributed by atoms with Crippen LogP contribution in [0, 0.1) is 17.2 Å². The highest BCUT2D eigenvalue weighted by Gasteiger charge is 2.48. The SMILES string of the molecule is CN1C(=O)NC(=O)C2C(c3ccc(OCC#N)cc3)NC(=O)NC21. The minimum Gasteiger partial charge on any atom is -0.479 e. The Morgan fingerprint density at radius 3 is 2.58 bits per heavy atom.